The van der Waals surface area contributed by atoms with Crippen molar-refractivity contribution in [2.75, 3.05) is 39.4 Å². The second-order valence-electron chi connectivity index (χ2n) is 8.35. The van der Waals surface area contributed by atoms with Gasteiger partial charge in [0.15, 0.2) is 0 Å². The lowest BCUT2D eigenvalue weighted by molar-refractivity contribution is -0.128. The van der Waals surface area contributed by atoms with E-state index in [1.807, 2.05) is 20.8 Å². The van der Waals surface area contributed by atoms with Gasteiger partial charge in [-0.05, 0) is 18.8 Å². The predicted molar refractivity (Wildman–Crippen MR) is 100 cm³/mol. The first-order valence-corrected chi connectivity index (χ1v) is 9.57. The van der Waals surface area contributed by atoms with Gasteiger partial charge in [-0.15, -0.1) is 0 Å². The minimum atomic E-state index is -0.384. The Bertz CT molecular complexity index is 413. The van der Waals surface area contributed by atoms with E-state index in [1.165, 1.54) is 0 Å². The van der Waals surface area contributed by atoms with Crippen LogP contribution < -0.4 is 10.6 Å². The molecule has 0 spiro atoms. The van der Waals surface area contributed by atoms with E-state index in [9.17, 15) is 9.59 Å². The molecule has 0 aromatic heterocycles. The quantitative estimate of drug-likeness (QED) is 0.619. The zero-order chi connectivity index (χ0) is 18.9. The number of ether oxygens (including phenoxy) is 1. The Kier molecular flexibility index (Phi) is 9.43. The molecule has 6 heteroatoms. The zero-order valence-corrected chi connectivity index (χ0v) is 16.7. The molecule has 1 fully saturated rings. The highest BCUT2D eigenvalue weighted by molar-refractivity contribution is 5.81. The molecule has 6 nitrogen and oxygen atoms in total. The fraction of sp³-hybridized carbons (Fsp3) is 0.895. The monoisotopic (exact) mass is 355 g/mol. The Morgan fingerprint density at radius 2 is 1.76 bits per heavy atom. The van der Waals surface area contributed by atoms with Crippen molar-refractivity contribution >= 4 is 11.8 Å². The molecule has 0 bridgehead atoms. The van der Waals surface area contributed by atoms with Crippen LogP contribution >= 0.6 is 0 Å². The fourth-order valence-corrected chi connectivity index (χ4v) is 2.88. The summed E-state index contributed by atoms with van der Waals surface area (Å²) < 4.78 is 5.43. The molecule has 2 amide bonds. The van der Waals surface area contributed by atoms with Gasteiger partial charge in [0.05, 0.1) is 13.2 Å². The van der Waals surface area contributed by atoms with Crippen molar-refractivity contribution in [2.45, 2.75) is 59.9 Å². The normalized spacial score (nSPS) is 17.4. The van der Waals surface area contributed by atoms with E-state index in [4.69, 9.17) is 4.74 Å². The molecule has 2 N–H and O–H groups in total. The van der Waals surface area contributed by atoms with Gasteiger partial charge in [-0.3, -0.25) is 14.5 Å². The average Bonchev–Trinajstić information content (AvgIpc) is 2.54. The Hall–Kier alpha value is -1.14. The third kappa shape index (κ3) is 9.21. The predicted octanol–water partition coefficient (Wildman–Crippen LogP) is 1.79. The molecule has 0 aromatic rings. The summed E-state index contributed by atoms with van der Waals surface area (Å²) in [6, 6.07) is 0.369. The van der Waals surface area contributed by atoms with Crippen LogP contribution in [0, 0.1) is 11.3 Å². The van der Waals surface area contributed by atoms with Crippen LogP contribution in [0.1, 0.15) is 53.9 Å². The van der Waals surface area contributed by atoms with E-state index in [1.54, 1.807) is 0 Å². The summed E-state index contributed by atoms with van der Waals surface area (Å²) in [6.07, 6.45) is 2.18. The lowest BCUT2D eigenvalue weighted by Gasteiger charge is -2.35. The molecule has 1 rings (SSSR count). The Morgan fingerprint density at radius 1 is 1.12 bits per heavy atom. The van der Waals surface area contributed by atoms with Crippen molar-refractivity contribution in [1.29, 1.82) is 0 Å². The summed E-state index contributed by atoms with van der Waals surface area (Å²) in [5, 5.41) is 5.95. The van der Waals surface area contributed by atoms with E-state index in [-0.39, 0.29) is 17.2 Å². The van der Waals surface area contributed by atoms with Gasteiger partial charge < -0.3 is 15.4 Å². The summed E-state index contributed by atoms with van der Waals surface area (Å²) in [6.45, 7) is 14.7. The molecule has 1 aliphatic heterocycles. The Labute approximate surface area is 153 Å². The maximum Gasteiger partial charge on any atom is 0.225 e. The molecule has 1 aliphatic rings. The summed E-state index contributed by atoms with van der Waals surface area (Å²) in [5.74, 6) is 0.682. The highest BCUT2D eigenvalue weighted by Crippen LogP contribution is 2.13. The molecule has 1 saturated heterocycles. The number of amides is 2. The van der Waals surface area contributed by atoms with Gasteiger partial charge in [0.1, 0.15) is 0 Å². The van der Waals surface area contributed by atoms with Crippen LogP contribution in [0.5, 0.6) is 0 Å². The lowest BCUT2D eigenvalue weighted by Crippen LogP contribution is -2.49. The minimum Gasteiger partial charge on any atom is -0.379 e. The Morgan fingerprint density at radius 3 is 2.32 bits per heavy atom. The largest absolute Gasteiger partial charge is 0.379 e. The number of carbonyl (C=O) groups is 2. The summed E-state index contributed by atoms with van der Waals surface area (Å²) >= 11 is 0. The number of nitrogens with one attached hydrogen (secondary N) is 2. The molecular weight excluding hydrogens is 318 g/mol. The van der Waals surface area contributed by atoms with Crippen LogP contribution in [0.25, 0.3) is 0 Å². The van der Waals surface area contributed by atoms with Gasteiger partial charge in [0.2, 0.25) is 11.8 Å². The van der Waals surface area contributed by atoms with Crippen molar-refractivity contribution in [2.24, 2.45) is 11.3 Å². The molecule has 0 aliphatic carbocycles. The molecule has 146 valence electrons. The first kappa shape index (κ1) is 21.9. The van der Waals surface area contributed by atoms with E-state index in [0.29, 0.717) is 37.9 Å². The topological polar surface area (TPSA) is 70.7 Å². The van der Waals surface area contributed by atoms with Crippen LogP contribution in [0.3, 0.4) is 0 Å². The van der Waals surface area contributed by atoms with Crippen LogP contribution in [0.4, 0.5) is 0 Å². The summed E-state index contributed by atoms with van der Waals surface area (Å²) in [4.78, 5) is 26.3. The van der Waals surface area contributed by atoms with Crippen LogP contribution in [0.2, 0.25) is 0 Å². The number of hydrogen-bond donors (Lipinski definition) is 2. The van der Waals surface area contributed by atoms with Gasteiger partial charge >= 0.3 is 0 Å². The van der Waals surface area contributed by atoms with Gasteiger partial charge in [0.25, 0.3) is 0 Å². The van der Waals surface area contributed by atoms with Gasteiger partial charge in [-0.2, -0.15) is 0 Å². The first-order chi connectivity index (χ1) is 11.7. The molecule has 1 unspecified atom stereocenters. The second-order valence-corrected chi connectivity index (χ2v) is 8.35. The highest BCUT2D eigenvalue weighted by Gasteiger charge is 2.23. The Balaban J connectivity index is 2.28. The smallest absolute Gasteiger partial charge is 0.225 e. The molecule has 1 atom stereocenters. The molecule has 0 radical (unpaired) electrons. The molecular formula is C19H37N3O3. The second kappa shape index (κ2) is 10.8. The highest BCUT2D eigenvalue weighted by atomic mass is 16.5. The maximum atomic E-state index is 12.1. The number of rotatable bonds is 9. The molecule has 1 heterocycles. The number of hydrogen-bond acceptors (Lipinski definition) is 4. The standard InChI is InChI=1S/C19H37N3O3/c1-15(2)13-16(22-9-11-25-12-10-22)14-21-17(23)7-6-8-20-18(24)19(3,4)5/h15-16H,6-14H2,1-5H3,(H,20,24)(H,21,23). The van der Waals surface area contributed by atoms with Gasteiger partial charge in [-0.25, -0.2) is 0 Å². The van der Waals surface area contributed by atoms with Crippen molar-refractivity contribution in [1.82, 2.24) is 15.5 Å². The van der Waals surface area contributed by atoms with Crippen LogP contribution in [-0.2, 0) is 14.3 Å². The minimum absolute atomic E-state index is 0.0252. The van der Waals surface area contributed by atoms with Crippen molar-refractivity contribution in [3.8, 4) is 0 Å². The molecule has 0 saturated carbocycles. The summed E-state index contributed by atoms with van der Waals surface area (Å²) in [7, 11) is 0. The maximum absolute atomic E-state index is 12.1. The molecule has 25 heavy (non-hydrogen) atoms. The summed E-state index contributed by atoms with van der Waals surface area (Å²) in [5.41, 5.74) is -0.384. The SMILES string of the molecule is CC(C)CC(CNC(=O)CCCNC(=O)C(C)(C)C)N1CCOCC1. The average molecular weight is 356 g/mol. The lowest BCUT2D eigenvalue weighted by atomic mass is 9.96. The van der Waals surface area contributed by atoms with Crippen molar-refractivity contribution in [3.63, 3.8) is 0 Å². The third-order valence-electron chi connectivity index (χ3n) is 4.39. The van der Waals surface area contributed by atoms with Crippen LogP contribution in [-0.4, -0.2) is 62.1 Å². The van der Waals surface area contributed by atoms with E-state index < -0.39 is 0 Å². The molecule has 0 aromatic carbocycles. The van der Waals surface area contributed by atoms with Crippen LogP contribution in [0.15, 0.2) is 0 Å². The van der Waals surface area contributed by atoms with Crippen molar-refractivity contribution < 1.29 is 14.3 Å². The van der Waals surface area contributed by atoms with Gasteiger partial charge in [0, 0.05) is 44.1 Å². The zero-order valence-electron chi connectivity index (χ0n) is 16.7. The van der Waals surface area contributed by atoms with E-state index in [2.05, 4.69) is 29.4 Å². The van der Waals surface area contributed by atoms with E-state index >= 15 is 0 Å². The number of carbonyl (C=O) groups excluding carboxylic acids is 2. The fourth-order valence-electron chi connectivity index (χ4n) is 2.88. The third-order valence-corrected chi connectivity index (χ3v) is 4.39. The van der Waals surface area contributed by atoms with Gasteiger partial charge in [-0.1, -0.05) is 34.6 Å². The van der Waals surface area contributed by atoms with E-state index in [0.717, 1.165) is 32.7 Å². The first-order valence-electron chi connectivity index (χ1n) is 9.57. The number of morpholine rings is 1. The number of nitrogens with zero attached hydrogens (tertiary/aromatic N) is 1. The van der Waals surface area contributed by atoms with Crippen molar-refractivity contribution in [3.05, 3.63) is 0 Å².